The predicted octanol–water partition coefficient (Wildman–Crippen LogP) is 5.52. The van der Waals surface area contributed by atoms with Crippen molar-refractivity contribution in [1.29, 1.82) is 0 Å². The molecular formula is C34H41N3O5. The molecule has 0 aliphatic carbocycles. The van der Waals surface area contributed by atoms with Gasteiger partial charge >= 0.3 is 6.09 Å². The summed E-state index contributed by atoms with van der Waals surface area (Å²) in [6.07, 6.45) is 0.102. The molecule has 0 saturated carbocycles. The molecule has 4 atom stereocenters. The Hall–Kier alpha value is -3.53. The molecule has 3 aromatic carbocycles. The summed E-state index contributed by atoms with van der Waals surface area (Å²) in [4.78, 5) is 17.1. The predicted molar refractivity (Wildman–Crippen MR) is 163 cm³/mol. The van der Waals surface area contributed by atoms with Gasteiger partial charge in [-0.2, -0.15) is 0 Å². The Morgan fingerprint density at radius 1 is 0.952 bits per heavy atom. The first-order valence-corrected chi connectivity index (χ1v) is 14.7. The van der Waals surface area contributed by atoms with E-state index in [2.05, 4.69) is 59.0 Å². The van der Waals surface area contributed by atoms with Gasteiger partial charge in [-0.25, -0.2) is 4.79 Å². The molecule has 2 fully saturated rings. The molecule has 2 aliphatic rings. The average molecular weight is 572 g/mol. The first kappa shape index (κ1) is 29.9. The number of nitrogens with zero attached hydrogens (tertiary/aromatic N) is 2. The second kappa shape index (κ2) is 14.6. The van der Waals surface area contributed by atoms with Crippen molar-refractivity contribution in [2.75, 3.05) is 44.6 Å². The molecule has 0 aromatic heterocycles. The Balaban J connectivity index is 1.29. The highest BCUT2D eigenvalue weighted by Gasteiger charge is 2.39. The summed E-state index contributed by atoms with van der Waals surface area (Å²) in [6.45, 7) is 11.7. The minimum Gasteiger partial charge on any atom is -0.445 e. The quantitative estimate of drug-likeness (QED) is 0.310. The summed E-state index contributed by atoms with van der Waals surface area (Å²) in [6, 6.07) is 26.1. The van der Waals surface area contributed by atoms with Crippen molar-refractivity contribution in [3.8, 4) is 0 Å². The van der Waals surface area contributed by atoms with Crippen LogP contribution in [0.4, 0.5) is 10.5 Å². The van der Waals surface area contributed by atoms with E-state index < -0.39 is 12.4 Å². The number of piperazine rings is 1. The van der Waals surface area contributed by atoms with Crippen LogP contribution in [0.5, 0.6) is 0 Å². The van der Waals surface area contributed by atoms with Crippen molar-refractivity contribution in [3.05, 3.63) is 114 Å². The van der Waals surface area contributed by atoms with Crippen LogP contribution < -0.4 is 5.32 Å². The lowest BCUT2D eigenvalue weighted by Crippen LogP contribution is -2.51. The van der Waals surface area contributed by atoms with Crippen molar-refractivity contribution in [1.82, 2.24) is 9.80 Å². The van der Waals surface area contributed by atoms with Gasteiger partial charge in [0.05, 0.1) is 18.8 Å². The number of aliphatic hydroxyl groups excluding tert-OH is 1. The highest BCUT2D eigenvalue weighted by Crippen LogP contribution is 2.42. The molecule has 0 spiro atoms. The number of aliphatic hydroxyl groups is 1. The Morgan fingerprint density at radius 2 is 1.69 bits per heavy atom. The number of ether oxygens (including phenoxy) is 3. The number of hydrogen-bond acceptors (Lipinski definition) is 7. The normalized spacial score (nSPS) is 23.3. The largest absolute Gasteiger partial charge is 0.445 e. The van der Waals surface area contributed by atoms with Crippen LogP contribution in [0.2, 0.25) is 0 Å². The maximum atomic E-state index is 12.1. The highest BCUT2D eigenvalue weighted by atomic mass is 16.7. The summed E-state index contributed by atoms with van der Waals surface area (Å²) in [5.74, 6) is 0.0961. The van der Waals surface area contributed by atoms with Crippen molar-refractivity contribution >= 4 is 11.8 Å². The van der Waals surface area contributed by atoms with Crippen molar-refractivity contribution in [2.45, 2.75) is 38.6 Å². The van der Waals surface area contributed by atoms with Gasteiger partial charge in [-0.1, -0.05) is 86.3 Å². The maximum Gasteiger partial charge on any atom is 0.411 e. The number of rotatable bonds is 10. The third kappa shape index (κ3) is 7.85. The van der Waals surface area contributed by atoms with Crippen LogP contribution in [-0.4, -0.2) is 66.4 Å². The summed E-state index contributed by atoms with van der Waals surface area (Å²) < 4.78 is 18.3. The molecule has 0 unspecified atom stereocenters. The number of hydrogen-bond donors (Lipinski definition) is 2. The van der Waals surface area contributed by atoms with Crippen LogP contribution in [0.15, 0.2) is 91.5 Å². The molecule has 8 heteroatoms. The summed E-state index contributed by atoms with van der Waals surface area (Å²) in [7, 11) is 0. The fourth-order valence-corrected chi connectivity index (χ4v) is 5.61. The van der Waals surface area contributed by atoms with Crippen LogP contribution >= 0.6 is 0 Å². The van der Waals surface area contributed by atoms with Gasteiger partial charge in [-0.05, 0) is 28.8 Å². The van der Waals surface area contributed by atoms with Gasteiger partial charge in [0.15, 0.2) is 6.29 Å². The van der Waals surface area contributed by atoms with E-state index in [1.165, 1.54) is 11.6 Å². The second-order valence-corrected chi connectivity index (χ2v) is 11.0. The van der Waals surface area contributed by atoms with Gasteiger partial charge < -0.3 is 19.3 Å². The minimum absolute atomic E-state index is 0.000987. The van der Waals surface area contributed by atoms with Crippen LogP contribution in [0.3, 0.4) is 0 Å². The zero-order chi connectivity index (χ0) is 29.3. The number of benzene rings is 3. The van der Waals surface area contributed by atoms with Gasteiger partial charge in [-0.15, -0.1) is 0 Å². The fourth-order valence-electron chi connectivity index (χ4n) is 5.61. The van der Waals surface area contributed by atoms with E-state index in [9.17, 15) is 9.90 Å². The van der Waals surface area contributed by atoms with E-state index in [0.29, 0.717) is 5.69 Å². The van der Waals surface area contributed by atoms with Crippen molar-refractivity contribution < 1.29 is 24.1 Å². The van der Waals surface area contributed by atoms with E-state index in [0.717, 1.165) is 56.0 Å². The molecule has 2 heterocycles. The zero-order valence-electron chi connectivity index (χ0n) is 24.2. The number of nitrogens with one attached hydrogen (secondary N) is 1. The first-order chi connectivity index (χ1) is 20.5. The van der Waals surface area contributed by atoms with Gasteiger partial charge in [-0.3, -0.25) is 15.1 Å². The molecule has 0 radical (unpaired) electrons. The summed E-state index contributed by atoms with van der Waals surface area (Å²) in [5.41, 5.74) is 4.67. The average Bonchev–Trinajstić information content (AvgIpc) is 3.02. The Labute approximate surface area is 248 Å². The Bertz CT molecular complexity index is 1290. The SMILES string of the molecule is C=CCOC(=O)Nc1cccc([C@H]2O[C@@H](CN3CCN(Cc4ccccc4)CC3)[C@@H](C)[C@@H](c3ccc(CO)cc3)O2)c1. The van der Waals surface area contributed by atoms with E-state index in [-0.39, 0.29) is 31.3 Å². The number of carbonyl (C=O) groups is 1. The van der Waals surface area contributed by atoms with Crippen LogP contribution in [0, 0.1) is 5.92 Å². The molecular weight excluding hydrogens is 530 g/mol. The van der Waals surface area contributed by atoms with Gasteiger partial charge in [0.1, 0.15) is 6.61 Å². The number of anilines is 1. The van der Waals surface area contributed by atoms with Crippen LogP contribution in [0.25, 0.3) is 0 Å². The minimum atomic E-state index is -0.612. The summed E-state index contributed by atoms with van der Waals surface area (Å²) >= 11 is 0. The molecule has 0 bridgehead atoms. The number of amides is 1. The van der Waals surface area contributed by atoms with Gasteiger partial charge in [0, 0.05) is 56.4 Å². The molecule has 222 valence electrons. The van der Waals surface area contributed by atoms with Crippen LogP contribution in [-0.2, 0) is 27.4 Å². The zero-order valence-corrected chi connectivity index (χ0v) is 24.2. The van der Waals surface area contributed by atoms with Gasteiger partial charge in [0.2, 0.25) is 0 Å². The lowest BCUT2D eigenvalue weighted by Gasteiger charge is -2.44. The standard InChI is InChI=1S/C34H41N3O5/c1-3-20-40-34(39)35-30-11-7-10-29(21-30)33-41-31(25(2)32(42-33)28-14-12-27(24-38)13-15-28)23-37-18-16-36(17-19-37)22-26-8-5-4-6-9-26/h3-15,21,25,31-33,38H,1,16-20,22-24H2,2H3,(H,35,39)/t25-,31+,32+,33+/m1/s1. The molecule has 3 aromatic rings. The van der Waals surface area contributed by atoms with Crippen LogP contribution in [0.1, 0.15) is 41.6 Å². The van der Waals surface area contributed by atoms with E-state index in [4.69, 9.17) is 14.2 Å². The monoisotopic (exact) mass is 571 g/mol. The third-order valence-electron chi connectivity index (χ3n) is 8.01. The molecule has 2 aliphatic heterocycles. The van der Waals surface area contributed by atoms with E-state index >= 15 is 0 Å². The second-order valence-electron chi connectivity index (χ2n) is 11.0. The Morgan fingerprint density at radius 3 is 2.40 bits per heavy atom. The van der Waals surface area contributed by atoms with Crippen molar-refractivity contribution in [2.24, 2.45) is 5.92 Å². The number of carbonyl (C=O) groups excluding carboxylic acids is 1. The third-order valence-corrected chi connectivity index (χ3v) is 8.01. The summed E-state index contributed by atoms with van der Waals surface area (Å²) in [5, 5.41) is 12.3. The first-order valence-electron chi connectivity index (χ1n) is 14.7. The lowest BCUT2D eigenvalue weighted by molar-refractivity contribution is -0.276. The molecule has 1 amide bonds. The van der Waals surface area contributed by atoms with E-state index in [1.807, 2.05) is 48.5 Å². The molecule has 2 saturated heterocycles. The fraction of sp³-hybridized carbons (Fsp3) is 0.382. The maximum absolute atomic E-state index is 12.1. The highest BCUT2D eigenvalue weighted by molar-refractivity contribution is 5.84. The molecule has 5 rings (SSSR count). The molecule has 2 N–H and O–H groups in total. The Kier molecular flexibility index (Phi) is 10.4. The van der Waals surface area contributed by atoms with Gasteiger partial charge in [0.25, 0.3) is 0 Å². The smallest absolute Gasteiger partial charge is 0.411 e. The molecule has 8 nitrogen and oxygen atoms in total. The van der Waals surface area contributed by atoms with E-state index in [1.54, 1.807) is 0 Å². The molecule has 42 heavy (non-hydrogen) atoms. The topological polar surface area (TPSA) is 83.5 Å². The van der Waals surface area contributed by atoms with Crippen molar-refractivity contribution in [3.63, 3.8) is 0 Å². The lowest BCUT2D eigenvalue weighted by atomic mass is 9.90.